The van der Waals surface area contributed by atoms with Crippen molar-refractivity contribution in [3.8, 4) is 0 Å². The third-order valence-corrected chi connectivity index (χ3v) is 3.03. The average molecular weight is 239 g/mol. The van der Waals surface area contributed by atoms with Crippen LogP contribution < -0.4 is 5.32 Å². The first-order chi connectivity index (χ1) is 7.95. The van der Waals surface area contributed by atoms with Crippen LogP contribution >= 0.6 is 0 Å². The first-order valence-electron chi connectivity index (χ1n) is 5.91. The molecule has 0 aliphatic heterocycles. The largest absolute Gasteiger partial charge is 0.394 e. The van der Waals surface area contributed by atoms with E-state index in [2.05, 4.69) is 10.4 Å². The Kier molecular flexibility index (Phi) is 4.28. The van der Waals surface area contributed by atoms with E-state index in [1.54, 1.807) is 17.9 Å². The van der Waals surface area contributed by atoms with Crippen molar-refractivity contribution in [2.75, 3.05) is 6.61 Å². The summed E-state index contributed by atoms with van der Waals surface area (Å²) >= 11 is 0. The van der Waals surface area contributed by atoms with Crippen LogP contribution in [0.1, 0.15) is 43.2 Å². The van der Waals surface area contributed by atoms with Crippen molar-refractivity contribution in [3.05, 3.63) is 17.5 Å². The van der Waals surface area contributed by atoms with Crippen molar-refractivity contribution in [1.82, 2.24) is 15.1 Å². The maximum atomic E-state index is 12.1. The van der Waals surface area contributed by atoms with Crippen LogP contribution in [0.2, 0.25) is 0 Å². The Balaban J connectivity index is 2.89. The van der Waals surface area contributed by atoms with Crippen molar-refractivity contribution in [2.24, 2.45) is 7.05 Å². The van der Waals surface area contributed by atoms with Gasteiger partial charge in [0.1, 0.15) is 0 Å². The van der Waals surface area contributed by atoms with E-state index in [-0.39, 0.29) is 12.5 Å². The molecular formula is C12H21N3O2. The zero-order chi connectivity index (χ0) is 13.1. The van der Waals surface area contributed by atoms with Gasteiger partial charge in [-0.3, -0.25) is 9.48 Å². The Morgan fingerprint density at radius 1 is 1.59 bits per heavy atom. The second-order valence-electron chi connectivity index (χ2n) is 4.54. The predicted molar refractivity (Wildman–Crippen MR) is 65.8 cm³/mol. The van der Waals surface area contributed by atoms with E-state index in [0.29, 0.717) is 18.4 Å². The summed E-state index contributed by atoms with van der Waals surface area (Å²) in [4.78, 5) is 12.1. The smallest absolute Gasteiger partial charge is 0.255 e. The monoisotopic (exact) mass is 239 g/mol. The number of nitrogens with zero attached hydrogens (tertiary/aromatic N) is 2. The number of aromatic nitrogens is 2. The maximum Gasteiger partial charge on any atom is 0.255 e. The van der Waals surface area contributed by atoms with E-state index < -0.39 is 5.54 Å². The number of aliphatic hydroxyl groups is 1. The molecule has 0 fully saturated rings. The quantitative estimate of drug-likeness (QED) is 0.801. The Morgan fingerprint density at radius 2 is 2.24 bits per heavy atom. The van der Waals surface area contributed by atoms with Gasteiger partial charge in [-0.15, -0.1) is 0 Å². The lowest BCUT2D eigenvalue weighted by Gasteiger charge is -2.27. The van der Waals surface area contributed by atoms with Gasteiger partial charge in [0.2, 0.25) is 0 Å². The number of nitrogens with one attached hydrogen (secondary N) is 1. The molecular weight excluding hydrogens is 218 g/mol. The number of rotatable bonds is 5. The molecule has 0 saturated heterocycles. The molecule has 0 spiro atoms. The molecule has 0 bridgehead atoms. The van der Waals surface area contributed by atoms with Gasteiger partial charge in [0, 0.05) is 13.2 Å². The number of aliphatic hydroxyl groups excluding tert-OH is 1. The Bertz CT molecular complexity index is 394. The number of amides is 1. The minimum atomic E-state index is -0.571. The molecule has 96 valence electrons. The van der Waals surface area contributed by atoms with Crippen LogP contribution in [0.25, 0.3) is 0 Å². The van der Waals surface area contributed by atoms with Crippen LogP contribution in [0.4, 0.5) is 0 Å². The number of aryl methyl sites for hydroxylation is 2. The molecule has 0 radical (unpaired) electrons. The fraction of sp³-hybridized carbons (Fsp3) is 0.667. The fourth-order valence-electron chi connectivity index (χ4n) is 1.57. The highest BCUT2D eigenvalue weighted by molar-refractivity contribution is 5.95. The summed E-state index contributed by atoms with van der Waals surface area (Å²) in [6.45, 7) is 5.65. The first-order valence-corrected chi connectivity index (χ1v) is 5.91. The van der Waals surface area contributed by atoms with Crippen molar-refractivity contribution >= 4 is 5.91 Å². The molecule has 1 atom stereocenters. The maximum absolute atomic E-state index is 12.1. The summed E-state index contributed by atoms with van der Waals surface area (Å²) in [5, 5.41) is 16.4. The third-order valence-electron chi connectivity index (χ3n) is 3.03. The molecule has 5 nitrogen and oxygen atoms in total. The van der Waals surface area contributed by atoms with E-state index in [1.807, 2.05) is 20.8 Å². The summed E-state index contributed by atoms with van der Waals surface area (Å²) in [7, 11) is 1.79. The number of carbonyl (C=O) groups excluding carboxylic acids is 1. The second-order valence-corrected chi connectivity index (χ2v) is 4.54. The summed E-state index contributed by atoms with van der Waals surface area (Å²) in [5.74, 6) is -0.173. The average Bonchev–Trinajstić information content (AvgIpc) is 2.70. The Morgan fingerprint density at radius 3 is 2.71 bits per heavy atom. The summed E-state index contributed by atoms with van der Waals surface area (Å²) in [6.07, 6.45) is 3.10. The minimum absolute atomic E-state index is 0.0725. The Labute approximate surface area is 102 Å². The lowest BCUT2D eigenvalue weighted by atomic mass is 9.99. The SMILES string of the molecule is CCc1nn(C)cc1C(=O)N[C@@](C)(CC)CO. The Hall–Kier alpha value is -1.36. The third kappa shape index (κ3) is 3.06. The number of hydrogen-bond donors (Lipinski definition) is 2. The van der Waals surface area contributed by atoms with E-state index in [0.717, 1.165) is 5.69 Å². The standard InChI is InChI=1S/C12H21N3O2/c1-5-10-9(7-15(4)14-10)11(17)13-12(3,6-2)8-16/h7,16H,5-6,8H2,1-4H3,(H,13,17)/t12-/m0/s1. The summed E-state index contributed by atoms with van der Waals surface area (Å²) in [5.41, 5.74) is 0.794. The van der Waals surface area contributed by atoms with Gasteiger partial charge in [-0.1, -0.05) is 13.8 Å². The number of hydrogen-bond acceptors (Lipinski definition) is 3. The van der Waals surface area contributed by atoms with Gasteiger partial charge in [0.05, 0.1) is 23.4 Å². The first kappa shape index (κ1) is 13.7. The molecule has 1 rings (SSSR count). The van der Waals surface area contributed by atoms with Gasteiger partial charge in [-0.2, -0.15) is 5.10 Å². The van der Waals surface area contributed by atoms with Crippen LogP contribution in [-0.4, -0.2) is 32.9 Å². The normalized spacial score (nSPS) is 14.4. The van der Waals surface area contributed by atoms with Crippen LogP contribution in [0.5, 0.6) is 0 Å². The molecule has 1 heterocycles. The molecule has 0 aliphatic rings. The lowest BCUT2D eigenvalue weighted by molar-refractivity contribution is 0.0846. The molecule has 0 saturated carbocycles. The molecule has 0 aromatic carbocycles. The van der Waals surface area contributed by atoms with Crippen LogP contribution in [0, 0.1) is 0 Å². The van der Waals surface area contributed by atoms with Crippen molar-refractivity contribution in [3.63, 3.8) is 0 Å². The second kappa shape index (κ2) is 5.31. The van der Waals surface area contributed by atoms with Crippen LogP contribution in [0.15, 0.2) is 6.20 Å². The molecule has 1 aromatic rings. The van der Waals surface area contributed by atoms with Crippen LogP contribution in [-0.2, 0) is 13.5 Å². The lowest BCUT2D eigenvalue weighted by Crippen LogP contribution is -2.48. The summed E-state index contributed by atoms with van der Waals surface area (Å²) < 4.78 is 1.63. The minimum Gasteiger partial charge on any atom is -0.394 e. The van der Waals surface area contributed by atoms with Gasteiger partial charge >= 0.3 is 0 Å². The van der Waals surface area contributed by atoms with Crippen molar-refractivity contribution < 1.29 is 9.90 Å². The molecule has 1 aromatic heterocycles. The van der Waals surface area contributed by atoms with Crippen molar-refractivity contribution in [2.45, 2.75) is 39.2 Å². The van der Waals surface area contributed by atoms with E-state index >= 15 is 0 Å². The van der Waals surface area contributed by atoms with E-state index in [9.17, 15) is 9.90 Å². The zero-order valence-electron chi connectivity index (χ0n) is 10.9. The van der Waals surface area contributed by atoms with Gasteiger partial charge in [0.25, 0.3) is 5.91 Å². The zero-order valence-corrected chi connectivity index (χ0v) is 10.9. The predicted octanol–water partition coefficient (Wildman–Crippen LogP) is 0.873. The van der Waals surface area contributed by atoms with Gasteiger partial charge < -0.3 is 10.4 Å². The number of carbonyl (C=O) groups is 1. The van der Waals surface area contributed by atoms with Gasteiger partial charge in [-0.25, -0.2) is 0 Å². The molecule has 17 heavy (non-hydrogen) atoms. The van der Waals surface area contributed by atoms with Crippen LogP contribution in [0.3, 0.4) is 0 Å². The molecule has 0 aliphatic carbocycles. The molecule has 2 N–H and O–H groups in total. The van der Waals surface area contributed by atoms with Crippen molar-refractivity contribution in [1.29, 1.82) is 0 Å². The highest BCUT2D eigenvalue weighted by atomic mass is 16.3. The van der Waals surface area contributed by atoms with E-state index in [1.165, 1.54) is 0 Å². The fourth-order valence-corrected chi connectivity index (χ4v) is 1.57. The molecule has 0 unspecified atom stereocenters. The molecule has 1 amide bonds. The van der Waals surface area contributed by atoms with E-state index in [4.69, 9.17) is 0 Å². The highest BCUT2D eigenvalue weighted by Crippen LogP contribution is 2.12. The van der Waals surface area contributed by atoms with Gasteiger partial charge in [-0.05, 0) is 19.8 Å². The highest BCUT2D eigenvalue weighted by Gasteiger charge is 2.25. The molecule has 5 heteroatoms. The topological polar surface area (TPSA) is 67.2 Å². The van der Waals surface area contributed by atoms with Gasteiger partial charge in [0.15, 0.2) is 0 Å². The summed E-state index contributed by atoms with van der Waals surface area (Å²) in [6, 6.07) is 0.